The molecule has 0 saturated heterocycles. The highest BCUT2D eigenvalue weighted by Gasteiger charge is 2.27. The van der Waals surface area contributed by atoms with Crippen LogP contribution in [0.4, 0.5) is 0 Å². The van der Waals surface area contributed by atoms with E-state index in [1.54, 1.807) is 5.56 Å². The van der Waals surface area contributed by atoms with Crippen LogP contribution in [-0.4, -0.2) is 13.6 Å². The highest BCUT2D eigenvalue weighted by Crippen LogP contribution is 2.39. The Labute approximate surface area is 112 Å². The number of nitrogens with one attached hydrogen (secondary N) is 1. The Morgan fingerprint density at radius 1 is 1.11 bits per heavy atom. The summed E-state index contributed by atoms with van der Waals surface area (Å²) < 4.78 is 0. The minimum atomic E-state index is 0.707. The molecule has 0 spiro atoms. The van der Waals surface area contributed by atoms with Gasteiger partial charge in [0.25, 0.3) is 0 Å². The summed E-state index contributed by atoms with van der Waals surface area (Å²) in [4.78, 5) is 0. The third kappa shape index (κ3) is 2.77. The number of hydrogen-bond donors (Lipinski definition) is 1. The largest absolute Gasteiger partial charge is 0.319 e. The molecule has 1 aliphatic carbocycles. The van der Waals surface area contributed by atoms with Crippen molar-refractivity contribution < 1.29 is 0 Å². The van der Waals surface area contributed by atoms with Crippen LogP contribution < -0.4 is 5.32 Å². The fourth-order valence-electron chi connectivity index (χ4n) is 3.86. The van der Waals surface area contributed by atoms with Crippen molar-refractivity contribution >= 4 is 0 Å². The number of aryl methyl sites for hydroxylation is 3. The maximum atomic E-state index is 3.41. The van der Waals surface area contributed by atoms with Crippen LogP contribution in [-0.2, 0) is 0 Å². The zero-order valence-electron chi connectivity index (χ0n) is 12.3. The highest BCUT2D eigenvalue weighted by atomic mass is 14.8. The molecule has 1 N–H and O–H groups in total. The average Bonchev–Trinajstić information content (AvgIpc) is 2.79. The second-order valence-corrected chi connectivity index (χ2v) is 6.02. The number of hydrogen-bond acceptors (Lipinski definition) is 1. The first-order valence-electron chi connectivity index (χ1n) is 7.36. The lowest BCUT2D eigenvalue weighted by Crippen LogP contribution is -2.24. The number of likely N-dealkylation sites (N-methyl/N-ethyl adjacent to an activating group) is 1. The van der Waals surface area contributed by atoms with Gasteiger partial charge in [0.15, 0.2) is 0 Å². The average molecular weight is 245 g/mol. The molecule has 0 radical (unpaired) electrons. The first kappa shape index (κ1) is 13.6. The van der Waals surface area contributed by atoms with Crippen LogP contribution in [0.2, 0.25) is 0 Å². The molecule has 2 rings (SSSR count). The van der Waals surface area contributed by atoms with Crippen LogP contribution in [0.15, 0.2) is 12.1 Å². The van der Waals surface area contributed by atoms with E-state index in [-0.39, 0.29) is 0 Å². The molecular weight excluding hydrogens is 218 g/mol. The van der Waals surface area contributed by atoms with Crippen molar-refractivity contribution in [1.82, 2.24) is 5.32 Å². The summed E-state index contributed by atoms with van der Waals surface area (Å²) in [6, 6.07) is 4.69. The molecule has 1 aromatic carbocycles. The summed E-state index contributed by atoms with van der Waals surface area (Å²) in [7, 11) is 2.08. The maximum absolute atomic E-state index is 3.41. The van der Waals surface area contributed by atoms with Crippen LogP contribution in [0.3, 0.4) is 0 Å². The van der Waals surface area contributed by atoms with Crippen LogP contribution in [0.1, 0.15) is 53.9 Å². The van der Waals surface area contributed by atoms with Crippen LogP contribution in [0, 0.1) is 26.7 Å². The molecule has 0 aliphatic heterocycles. The number of benzene rings is 1. The molecule has 1 fully saturated rings. The van der Waals surface area contributed by atoms with Crippen molar-refractivity contribution in [2.24, 2.45) is 5.92 Å². The molecule has 18 heavy (non-hydrogen) atoms. The van der Waals surface area contributed by atoms with E-state index in [9.17, 15) is 0 Å². The van der Waals surface area contributed by atoms with E-state index in [4.69, 9.17) is 0 Å². The monoisotopic (exact) mass is 245 g/mol. The van der Waals surface area contributed by atoms with Gasteiger partial charge in [-0.3, -0.25) is 0 Å². The van der Waals surface area contributed by atoms with E-state index in [2.05, 4.69) is 45.3 Å². The molecular formula is C17H27N. The van der Waals surface area contributed by atoms with Crippen molar-refractivity contribution in [3.05, 3.63) is 34.4 Å². The van der Waals surface area contributed by atoms with E-state index >= 15 is 0 Å². The van der Waals surface area contributed by atoms with Crippen LogP contribution in [0.25, 0.3) is 0 Å². The summed E-state index contributed by atoms with van der Waals surface area (Å²) in [5.74, 6) is 1.59. The van der Waals surface area contributed by atoms with Crippen molar-refractivity contribution in [3.63, 3.8) is 0 Å². The highest BCUT2D eigenvalue weighted by molar-refractivity contribution is 5.40. The molecule has 1 aliphatic rings. The van der Waals surface area contributed by atoms with Gasteiger partial charge in [-0.1, -0.05) is 30.5 Å². The lowest BCUT2D eigenvalue weighted by Gasteiger charge is -2.27. The molecule has 0 amide bonds. The second-order valence-electron chi connectivity index (χ2n) is 6.02. The predicted octanol–water partition coefficient (Wildman–Crippen LogP) is 4.11. The van der Waals surface area contributed by atoms with Crippen LogP contribution >= 0.6 is 0 Å². The standard InChI is InChI=1S/C17H27N/c1-12-9-13(2)17(14(3)10-12)16(11-18-4)15-7-5-6-8-15/h9-10,15-16,18H,5-8,11H2,1-4H3. The molecule has 0 bridgehead atoms. The van der Waals surface area contributed by atoms with E-state index in [1.807, 2.05) is 0 Å². The Kier molecular flexibility index (Phi) is 4.45. The van der Waals surface area contributed by atoms with Gasteiger partial charge in [0.05, 0.1) is 0 Å². The summed E-state index contributed by atoms with van der Waals surface area (Å²) >= 11 is 0. The van der Waals surface area contributed by atoms with Crippen molar-refractivity contribution in [1.29, 1.82) is 0 Å². The lowest BCUT2D eigenvalue weighted by atomic mass is 9.80. The van der Waals surface area contributed by atoms with E-state index in [1.165, 1.54) is 42.4 Å². The van der Waals surface area contributed by atoms with Gasteiger partial charge in [-0.15, -0.1) is 0 Å². The Balaban J connectivity index is 2.35. The fourth-order valence-corrected chi connectivity index (χ4v) is 3.86. The SMILES string of the molecule is CNCC(c1c(C)cc(C)cc1C)C1CCCC1. The van der Waals surface area contributed by atoms with Gasteiger partial charge in [0.1, 0.15) is 0 Å². The predicted molar refractivity (Wildman–Crippen MR) is 79.3 cm³/mol. The minimum Gasteiger partial charge on any atom is -0.319 e. The Morgan fingerprint density at radius 2 is 1.67 bits per heavy atom. The maximum Gasteiger partial charge on any atom is 0.00200 e. The Bertz CT molecular complexity index is 379. The number of rotatable bonds is 4. The van der Waals surface area contributed by atoms with Gasteiger partial charge < -0.3 is 5.32 Å². The van der Waals surface area contributed by atoms with E-state index in [0.717, 1.165) is 12.5 Å². The van der Waals surface area contributed by atoms with Gasteiger partial charge in [0.2, 0.25) is 0 Å². The fraction of sp³-hybridized carbons (Fsp3) is 0.647. The first-order chi connectivity index (χ1) is 8.63. The Morgan fingerprint density at radius 3 is 2.17 bits per heavy atom. The van der Waals surface area contributed by atoms with Crippen molar-refractivity contribution in [2.75, 3.05) is 13.6 Å². The molecule has 1 nitrogen and oxygen atoms in total. The third-order valence-electron chi connectivity index (χ3n) is 4.50. The molecule has 1 aromatic rings. The molecule has 0 heterocycles. The molecule has 1 heteroatoms. The van der Waals surface area contributed by atoms with Crippen LogP contribution in [0.5, 0.6) is 0 Å². The topological polar surface area (TPSA) is 12.0 Å². The molecule has 1 unspecified atom stereocenters. The van der Waals surface area contributed by atoms with Gasteiger partial charge in [-0.2, -0.15) is 0 Å². The second kappa shape index (κ2) is 5.88. The summed E-state index contributed by atoms with van der Waals surface area (Å²) in [6.07, 6.45) is 5.68. The molecule has 1 saturated carbocycles. The molecule has 100 valence electrons. The Hall–Kier alpha value is -0.820. The molecule has 1 atom stereocenters. The summed E-state index contributed by atoms with van der Waals surface area (Å²) in [5, 5.41) is 3.41. The zero-order valence-corrected chi connectivity index (χ0v) is 12.3. The summed E-state index contributed by atoms with van der Waals surface area (Å²) in [6.45, 7) is 7.89. The summed E-state index contributed by atoms with van der Waals surface area (Å²) in [5.41, 5.74) is 5.98. The van der Waals surface area contributed by atoms with Crippen molar-refractivity contribution in [3.8, 4) is 0 Å². The van der Waals surface area contributed by atoms with Gasteiger partial charge >= 0.3 is 0 Å². The van der Waals surface area contributed by atoms with Crippen molar-refractivity contribution in [2.45, 2.75) is 52.4 Å². The van der Waals surface area contributed by atoms with Gasteiger partial charge in [-0.25, -0.2) is 0 Å². The normalized spacial score (nSPS) is 18.2. The minimum absolute atomic E-state index is 0.707. The first-order valence-corrected chi connectivity index (χ1v) is 7.36. The smallest absolute Gasteiger partial charge is 0.00200 e. The van der Waals surface area contributed by atoms with Gasteiger partial charge in [-0.05, 0) is 69.2 Å². The van der Waals surface area contributed by atoms with E-state index < -0.39 is 0 Å². The molecule has 0 aromatic heterocycles. The van der Waals surface area contributed by atoms with E-state index in [0.29, 0.717) is 5.92 Å². The quantitative estimate of drug-likeness (QED) is 0.842. The van der Waals surface area contributed by atoms with Gasteiger partial charge in [0, 0.05) is 6.54 Å². The third-order valence-corrected chi connectivity index (χ3v) is 4.50. The zero-order chi connectivity index (χ0) is 13.1. The lowest BCUT2D eigenvalue weighted by molar-refractivity contribution is 0.418.